The molecular formula is C31H34FN5O3. The number of amides is 2. The van der Waals surface area contributed by atoms with Crippen molar-refractivity contribution in [2.24, 2.45) is 0 Å². The van der Waals surface area contributed by atoms with Crippen LogP contribution in [-0.4, -0.2) is 54.2 Å². The highest BCUT2D eigenvalue weighted by Crippen LogP contribution is 2.25. The number of anilines is 1. The topological polar surface area (TPSA) is 107 Å². The lowest BCUT2D eigenvalue weighted by Crippen LogP contribution is -2.43. The first kappa shape index (κ1) is 28.6. The lowest BCUT2D eigenvalue weighted by Gasteiger charge is -2.24. The molecule has 0 bridgehead atoms. The van der Waals surface area contributed by atoms with E-state index < -0.39 is 0 Å². The maximum absolute atomic E-state index is 13.6. The average Bonchev–Trinajstić information content (AvgIpc) is 3.45. The molecule has 0 aliphatic carbocycles. The molecule has 8 nitrogen and oxygen atoms in total. The number of likely N-dealkylation sites (tertiary alicyclic amines) is 1. The van der Waals surface area contributed by atoms with Gasteiger partial charge >= 0.3 is 6.09 Å². The molecule has 0 spiro atoms. The minimum absolute atomic E-state index is 0.141. The summed E-state index contributed by atoms with van der Waals surface area (Å²) in [5, 5.41) is 15.7. The van der Waals surface area contributed by atoms with Gasteiger partial charge in [-0.15, -0.1) is 0 Å². The number of pyridine rings is 1. The van der Waals surface area contributed by atoms with Crippen molar-refractivity contribution in [2.45, 2.75) is 45.1 Å². The first-order valence-electron chi connectivity index (χ1n) is 13.7. The molecular weight excluding hydrogens is 509 g/mol. The molecule has 9 heteroatoms. The third-order valence-electron chi connectivity index (χ3n) is 6.89. The van der Waals surface area contributed by atoms with Gasteiger partial charge in [0, 0.05) is 25.2 Å². The predicted molar refractivity (Wildman–Crippen MR) is 151 cm³/mol. The summed E-state index contributed by atoms with van der Waals surface area (Å²) in [6, 6.07) is 19.0. The van der Waals surface area contributed by atoms with Crippen LogP contribution in [0.25, 0.3) is 11.3 Å². The number of hydrogen-bond donors (Lipinski definition) is 2. The van der Waals surface area contributed by atoms with Crippen LogP contribution in [0.15, 0.2) is 60.7 Å². The number of halogens is 1. The van der Waals surface area contributed by atoms with Crippen molar-refractivity contribution < 1.29 is 18.7 Å². The molecule has 4 rings (SSSR count). The Bertz CT molecular complexity index is 1370. The summed E-state index contributed by atoms with van der Waals surface area (Å²) in [6.07, 6.45) is 3.58. The van der Waals surface area contributed by atoms with Gasteiger partial charge in [-0.3, -0.25) is 4.79 Å². The highest BCUT2D eigenvalue weighted by atomic mass is 19.1. The molecule has 2 heterocycles. The largest absolute Gasteiger partial charge is 0.449 e. The van der Waals surface area contributed by atoms with Gasteiger partial charge in [-0.05, 0) is 61.6 Å². The molecule has 1 aliphatic heterocycles. The second kappa shape index (κ2) is 14.1. The number of nitrogens with one attached hydrogen (secondary N) is 2. The van der Waals surface area contributed by atoms with Gasteiger partial charge in [0.15, 0.2) is 0 Å². The minimum atomic E-state index is -0.341. The van der Waals surface area contributed by atoms with Crippen LogP contribution in [0.5, 0.6) is 0 Å². The Hall–Kier alpha value is -4.45. The second-order valence-electron chi connectivity index (χ2n) is 9.72. The smallest absolute Gasteiger partial charge is 0.410 e. The molecule has 1 fully saturated rings. The second-order valence-corrected chi connectivity index (χ2v) is 9.72. The lowest BCUT2D eigenvalue weighted by molar-refractivity contribution is 0.0883. The van der Waals surface area contributed by atoms with Crippen molar-refractivity contribution in [1.29, 1.82) is 5.26 Å². The highest BCUT2D eigenvalue weighted by Gasteiger charge is 2.30. The van der Waals surface area contributed by atoms with E-state index in [-0.39, 0.29) is 23.9 Å². The first-order chi connectivity index (χ1) is 19.5. The van der Waals surface area contributed by atoms with E-state index in [1.165, 1.54) is 12.1 Å². The van der Waals surface area contributed by atoms with Gasteiger partial charge in [-0.1, -0.05) is 43.7 Å². The summed E-state index contributed by atoms with van der Waals surface area (Å²) < 4.78 is 19.0. The van der Waals surface area contributed by atoms with Crippen molar-refractivity contribution in [3.8, 4) is 17.3 Å². The SMILES string of the molecule is CCCCOC(=O)N1CCCC1CNC(=O)c1ccc(-c2ccccc2C#N)nc1NCCc1cccc(F)c1. The zero-order valence-electron chi connectivity index (χ0n) is 22.7. The van der Waals surface area contributed by atoms with Crippen molar-refractivity contribution in [1.82, 2.24) is 15.2 Å². The van der Waals surface area contributed by atoms with Crippen LogP contribution in [0.2, 0.25) is 0 Å². The number of benzene rings is 2. The molecule has 208 valence electrons. The number of unbranched alkanes of at least 4 members (excludes halogenated alkanes) is 1. The van der Waals surface area contributed by atoms with Crippen LogP contribution in [0.1, 0.15) is 54.1 Å². The molecule has 0 saturated carbocycles. The molecule has 1 aromatic heterocycles. The molecule has 1 unspecified atom stereocenters. The van der Waals surface area contributed by atoms with Crippen LogP contribution in [0.4, 0.5) is 15.0 Å². The zero-order valence-corrected chi connectivity index (χ0v) is 22.7. The molecule has 2 N–H and O–H groups in total. The summed E-state index contributed by atoms with van der Waals surface area (Å²) in [7, 11) is 0. The maximum atomic E-state index is 13.6. The van der Waals surface area contributed by atoms with Crippen LogP contribution >= 0.6 is 0 Å². The summed E-state index contributed by atoms with van der Waals surface area (Å²) >= 11 is 0. The summed E-state index contributed by atoms with van der Waals surface area (Å²) in [6.45, 7) is 3.75. The zero-order chi connectivity index (χ0) is 28.3. The Morgan fingerprint density at radius 2 is 2.02 bits per heavy atom. The molecule has 2 amide bonds. The monoisotopic (exact) mass is 543 g/mol. The average molecular weight is 544 g/mol. The van der Waals surface area contributed by atoms with Crippen LogP contribution in [-0.2, 0) is 11.2 Å². The molecule has 1 saturated heterocycles. The molecule has 2 aromatic carbocycles. The Labute approximate surface area is 234 Å². The van der Waals surface area contributed by atoms with Crippen LogP contribution in [0.3, 0.4) is 0 Å². The van der Waals surface area contributed by atoms with Gasteiger partial charge in [-0.2, -0.15) is 5.26 Å². The standard InChI is InChI=1S/C31H34FN5O3/c1-2-3-18-40-31(39)37-17-7-11-25(37)21-35-30(38)27-13-14-28(26-12-5-4-9-23(26)20-33)36-29(27)34-16-15-22-8-6-10-24(32)19-22/h4-6,8-10,12-14,19,25H,2-3,7,11,15-18,21H2,1H3,(H,34,36)(H,35,38). The molecule has 0 radical (unpaired) electrons. The summed E-state index contributed by atoms with van der Waals surface area (Å²) in [5.41, 5.74) is 2.85. The Kier molecular flexibility index (Phi) is 10.1. The van der Waals surface area contributed by atoms with Gasteiger partial charge in [0.1, 0.15) is 11.6 Å². The number of aromatic nitrogens is 1. The number of hydrogen-bond acceptors (Lipinski definition) is 6. The van der Waals surface area contributed by atoms with Crippen molar-refractivity contribution in [3.63, 3.8) is 0 Å². The third-order valence-corrected chi connectivity index (χ3v) is 6.89. The molecule has 40 heavy (non-hydrogen) atoms. The van der Waals surface area contributed by atoms with E-state index in [1.54, 1.807) is 35.2 Å². The number of nitriles is 1. The van der Waals surface area contributed by atoms with Gasteiger partial charge in [0.2, 0.25) is 0 Å². The number of carbonyl (C=O) groups excluding carboxylic acids is 2. The molecule has 1 atom stereocenters. The maximum Gasteiger partial charge on any atom is 0.410 e. The van der Waals surface area contributed by atoms with Gasteiger partial charge in [0.05, 0.1) is 35.5 Å². The van der Waals surface area contributed by atoms with Crippen LogP contribution < -0.4 is 10.6 Å². The van der Waals surface area contributed by atoms with E-state index in [0.717, 1.165) is 31.2 Å². The van der Waals surface area contributed by atoms with Crippen molar-refractivity contribution >= 4 is 17.8 Å². The van der Waals surface area contributed by atoms with E-state index in [4.69, 9.17) is 9.72 Å². The number of rotatable bonds is 11. The lowest BCUT2D eigenvalue weighted by atomic mass is 10.0. The van der Waals surface area contributed by atoms with E-state index in [0.29, 0.717) is 60.9 Å². The van der Waals surface area contributed by atoms with Crippen molar-refractivity contribution in [3.05, 3.63) is 83.2 Å². The summed E-state index contributed by atoms with van der Waals surface area (Å²) in [4.78, 5) is 32.2. The number of nitrogens with zero attached hydrogens (tertiary/aromatic N) is 3. The number of ether oxygens (including phenoxy) is 1. The van der Waals surface area contributed by atoms with E-state index in [2.05, 4.69) is 16.7 Å². The van der Waals surface area contributed by atoms with Gasteiger partial charge in [-0.25, -0.2) is 14.2 Å². The van der Waals surface area contributed by atoms with Gasteiger partial charge in [0.25, 0.3) is 5.91 Å². The Balaban J connectivity index is 1.49. The number of carbonyl (C=O) groups is 2. The van der Waals surface area contributed by atoms with Crippen LogP contribution in [0, 0.1) is 17.1 Å². The van der Waals surface area contributed by atoms with E-state index in [1.807, 2.05) is 25.1 Å². The Morgan fingerprint density at radius 1 is 1.18 bits per heavy atom. The van der Waals surface area contributed by atoms with E-state index >= 15 is 0 Å². The fourth-order valence-corrected chi connectivity index (χ4v) is 4.73. The molecule has 1 aliphatic rings. The van der Waals surface area contributed by atoms with E-state index in [9.17, 15) is 19.2 Å². The third kappa shape index (κ3) is 7.35. The minimum Gasteiger partial charge on any atom is -0.449 e. The molecule has 3 aromatic rings. The Morgan fingerprint density at radius 3 is 2.83 bits per heavy atom. The van der Waals surface area contributed by atoms with Crippen molar-refractivity contribution in [2.75, 3.05) is 31.6 Å². The summed E-state index contributed by atoms with van der Waals surface area (Å²) in [5.74, 6) is -0.269. The highest BCUT2D eigenvalue weighted by molar-refractivity contribution is 5.99. The predicted octanol–water partition coefficient (Wildman–Crippen LogP) is 5.54. The quantitative estimate of drug-likeness (QED) is 0.307. The normalized spacial score (nSPS) is 14.4. The van der Waals surface area contributed by atoms with Gasteiger partial charge < -0.3 is 20.3 Å². The first-order valence-corrected chi connectivity index (χ1v) is 13.7. The fraction of sp³-hybridized carbons (Fsp3) is 0.355. The fourth-order valence-electron chi connectivity index (χ4n) is 4.73.